The Kier molecular flexibility index (Phi) is 4.59. The number of rotatable bonds is 4. The van der Waals surface area contributed by atoms with Crippen molar-refractivity contribution in [2.24, 2.45) is 0 Å². The average Bonchev–Trinajstić information content (AvgIpc) is 3.43. The molecule has 0 unspecified atom stereocenters. The van der Waals surface area contributed by atoms with Gasteiger partial charge in [-0.3, -0.25) is 9.78 Å². The number of carbonyl (C=O) groups is 1. The number of oxazole rings is 1. The van der Waals surface area contributed by atoms with E-state index in [9.17, 15) is 4.79 Å². The van der Waals surface area contributed by atoms with Crippen LogP contribution in [0.25, 0.3) is 33.9 Å². The summed E-state index contributed by atoms with van der Waals surface area (Å²) < 4.78 is 11.6. The first kappa shape index (κ1) is 18.8. The van der Waals surface area contributed by atoms with Crippen LogP contribution < -0.4 is 5.32 Å². The Hall–Kier alpha value is -4.19. The molecule has 0 aliphatic heterocycles. The molecule has 152 valence electrons. The molecule has 0 aliphatic carbocycles. The van der Waals surface area contributed by atoms with Gasteiger partial charge in [-0.2, -0.15) is 0 Å². The lowest BCUT2D eigenvalue weighted by molar-refractivity contribution is 0.0997. The highest BCUT2D eigenvalue weighted by Gasteiger charge is 2.14. The van der Waals surface area contributed by atoms with Crippen LogP contribution >= 0.6 is 0 Å². The minimum absolute atomic E-state index is 0.240. The molecule has 5 rings (SSSR count). The fourth-order valence-corrected chi connectivity index (χ4v) is 3.32. The predicted octanol–water partition coefficient (Wildman–Crippen LogP) is 6.02. The van der Waals surface area contributed by atoms with Crippen LogP contribution in [-0.2, 0) is 0 Å². The molecule has 0 aliphatic rings. The van der Waals surface area contributed by atoms with Gasteiger partial charge in [-0.1, -0.05) is 12.1 Å². The summed E-state index contributed by atoms with van der Waals surface area (Å²) in [6.45, 7) is 4.11. The van der Waals surface area contributed by atoms with Gasteiger partial charge in [0, 0.05) is 23.6 Å². The Morgan fingerprint density at radius 3 is 2.61 bits per heavy atom. The Morgan fingerprint density at radius 2 is 1.81 bits per heavy atom. The third kappa shape index (κ3) is 3.71. The number of pyridine rings is 1. The fraction of sp³-hybridized carbons (Fsp3) is 0.0800. The molecule has 5 aromatic rings. The minimum atomic E-state index is -0.328. The summed E-state index contributed by atoms with van der Waals surface area (Å²) in [6.07, 6.45) is 3.39. The molecule has 31 heavy (non-hydrogen) atoms. The van der Waals surface area contributed by atoms with E-state index in [1.165, 1.54) is 11.1 Å². The fourth-order valence-electron chi connectivity index (χ4n) is 3.32. The Balaban J connectivity index is 1.36. The standard InChI is InChI=1S/C25H19N3O3/c1-15-5-6-17(12-16(15)2)21-9-10-23(30-21)24(29)27-19-7-8-22-20(13-19)28-25(31-22)18-4-3-11-26-14-18/h3-14H,1-2H3,(H,27,29). The SMILES string of the molecule is Cc1ccc(-c2ccc(C(=O)Nc3ccc4oc(-c5cccnc5)nc4c3)o2)cc1C. The second-order valence-electron chi connectivity index (χ2n) is 7.36. The van der Waals surface area contributed by atoms with Gasteiger partial charge in [-0.15, -0.1) is 0 Å². The number of aromatic nitrogens is 2. The lowest BCUT2D eigenvalue weighted by Gasteiger charge is -2.04. The van der Waals surface area contributed by atoms with Crippen molar-refractivity contribution in [1.29, 1.82) is 0 Å². The van der Waals surface area contributed by atoms with Crippen molar-refractivity contribution in [1.82, 2.24) is 9.97 Å². The first-order valence-corrected chi connectivity index (χ1v) is 9.87. The molecule has 0 atom stereocenters. The Labute approximate surface area is 178 Å². The monoisotopic (exact) mass is 409 g/mol. The van der Waals surface area contributed by atoms with E-state index in [4.69, 9.17) is 8.83 Å². The van der Waals surface area contributed by atoms with Gasteiger partial charge in [0.15, 0.2) is 11.3 Å². The third-order valence-corrected chi connectivity index (χ3v) is 5.18. The number of hydrogen-bond acceptors (Lipinski definition) is 5. The molecule has 6 nitrogen and oxygen atoms in total. The highest BCUT2D eigenvalue weighted by Crippen LogP contribution is 2.27. The molecule has 0 radical (unpaired) electrons. The molecule has 0 saturated carbocycles. The van der Waals surface area contributed by atoms with Gasteiger partial charge in [0.1, 0.15) is 11.3 Å². The summed E-state index contributed by atoms with van der Waals surface area (Å²) in [5, 5.41) is 2.86. The van der Waals surface area contributed by atoms with Crippen molar-refractivity contribution < 1.29 is 13.6 Å². The van der Waals surface area contributed by atoms with Gasteiger partial charge in [-0.25, -0.2) is 4.98 Å². The van der Waals surface area contributed by atoms with Gasteiger partial charge in [0.2, 0.25) is 5.89 Å². The van der Waals surface area contributed by atoms with Crippen molar-refractivity contribution in [3.63, 3.8) is 0 Å². The molecule has 1 N–H and O–H groups in total. The van der Waals surface area contributed by atoms with Gasteiger partial charge in [0.25, 0.3) is 5.91 Å². The molecule has 2 aromatic carbocycles. The molecule has 3 heterocycles. The van der Waals surface area contributed by atoms with E-state index in [0.717, 1.165) is 11.1 Å². The summed E-state index contributed by atoms with van der Waals surface area (Å²) in [5.41, 5.74) is 5.99. The Bertz CT molecular complexity index is 1400. The van der Waals surface area contributed by atoms with Gasteiger partial charge in [0.05, 0.1) is 5.56 Å². The van der Waals surface area contributed by atoms with E-state index in [-0.39, 0.29) is 11.7 Å². The topological polar surface area (TPSA) is 81.2 Å². The van der Waals surface area contributed by atoms with Crippen molar-refractivity contribution in [2.45, 2.75) is 13.8 Å². The van der Waals surface area contributed by atoms with Crippen LogP contribution in [0.3, 0.4) is 0 Å². The highest BCUT2D eigenvalue weighted by molar-refractivity contribution is 6.03. The number of aryl methyl sites for hydroxylation is 2. The zero-order chi connectivity index (χ0) is 21.4. The van der Waals surface area contributed by atoms with E-state index in [1.54, 1.807) is 42.7 Å². The van der Waals surface area contributed by atoms with Crippen molar-refractivity contribution in [2.75, 3.05) is 5.32 Å². The van der Waals surface area contributed by atoms with Crippen LogP contribution in [0.2, 0.25) is 0 Å². The molecule has 0 spiro atoms. The Morgan fingerprint density at radius 1 is 0.903 bits per heavy atom. The van der Waals surface area contributed by atoms with Crippen LogP contribution in [0.15, 0.2) is 81.9 Å². The molecule has 1 amide bonds. The van der Waals surface area contributed by atoms with Crippen LogP contribution in [0.4, 0.5) is 5.69 Å². The molecule has 0 saturated heterocycles. The summed E-state index contributed by atoms with van der Waals surface area (Å²) in [6, 6.07) is 18.6. The van der Waals surface area contributed by atoms with Gasteiger partial charge < -0.3 is 14.2 Å². The molecule has 0 bridgehead atoms. The summed E-state index contributed by atoms with van der Waals surface area (Å²) in [7, 11) is 0. The lowest BCUT2D eigenvalue weighted by atomic mass is 10.1. The number of nitrogens with one attached hydrogen (secondary N) is 1. The number of hydrogen-bond donors (Lipinski definition) is 1. The normalized spacial score (nSPS) is 11.0. The quantitative estimate of drug-likeness (QED) is 0.393. The van der Waals surface area contributed by atoms with Crippen LogP contribution in [-0.4, -0.2) is 15.9 Å². The third-order valence-electron chi connectivity index (χ3n) is 5.18. The lowest BCUT2D eigenvalue weighted by Crippen LogP contribution is -2.10. The maximum Gasteiger partial charge on any atom is 0.291 e. The van der Waals surface area contributed by atoms with Crippen LogP contribution in [0.1, 0.15) is 21.7 Å². The zero-order valence-corrected chi connectivity index (χ0v) is 17.0. The van der Waals surface area contributed by atoms with Crippen LogP contribution in [0, 0.1) is 13.8 Å². The summed E-state index contributed by atoms with van der Waals surface area (Å²) in [4.78, 5) is 21.3. The number of furan rings is 1. The van der Waals surface area contributed by atoms with Gasteiger partial charge in [-0.05, 0) is 73.5 Å². The maximum atomic E-state index is 12.7. The smallest absolute Gasteiger partial charge is 0.291 e. The number of amides is 1. The number of anilines is 1. The predicted molar refractivity (Wildman–Crippen MR) is 119 cm³/mol. The second-order valence-corrected chi connectivity index (χ2v) is 7.36. The maximum absolute atomic E-state index is 12.7. The van der Waals surface area contributed by atoms with Crippen molar-refractivity contribution in [3.8, 4) is 22.8 Å². The largest absolute Gasteiger partial charge is 0.451 e. The average molecular weight is 409 g/mol. The van der Waals surface area contributed by atoms with Crippen molar-refractivity contribution >= 4 is 22.7 Å². The minimum Gasteiger partial charge on any atom is -0.451 e. The van der Waals surface area contributed by atoms with Crippen LogP contribution in [0.5, 0.6) is 0 Å². The molecule has 0 fully saturated rings. The summed E-state index contributed by atoms with van der Waals surface area (Å²) in [5.74, 6) is 1.05. The zero-order valence-electron chi connectivity index (χ0n) is 17.0. The van der Waals surface area contributed by atoms with E-state index >= 15 is 0 Å². The molecular weight excluding hydrogens is 390 g/mol. The molecule has 3 aromatic heterocycles. The summed E-state index contributed by atoms with van der Waals surface area (Å²) >= 11 is 0. The van der Waals surface area contributed by atoms with Gasteiger partial charge >= 0.3 is 0 Å². The van der Waals surface area contributed by atoms with E-state index in [0.29, 0.717) is 28.4 Å². The number of nitrogens with zero attached hydrogens (tertiary/aromatic N) is 2. The number of carbonyl (C=O) groups excluding carboxylic acids is 1. The van der Waals surface area contributed by atoms with E-state index < -0.39 is 0 Å². The molecule has 6 heteroatoms. The van der Waals surface area contributed by atoms with E-state index in [2.05, 4.69) is 29.1 Å². The molecular formula is C25H19N3O3. The highest BCUT2D eigenvalue weighted by atomic mass is 16.4. The van der Waals surface area contributed by atoms with E-state index in [1.807, 2.05) is 30.3 Å². The number of fused-ring (bicyclic) bond motifs is 1. The first-order valence-electron chi connectivity index (χ1n) is 9.87. The second kappa shape index (κ2) is 7.57. The van der Waals surface area contributed by atoms with Crippen molar-refractivity contribution in [3.05, 3.63) is 89.9 Å². The first-order chi connectivity index (χ1) is 15.1. The number of benzene rings is 2.